The molecule has 3 amide bonds. The summed E-state index contributed by atoms with van der Waals surface area (Å²) in [7, 11) is 0. The van der Waals surface area contributed by atoms with E-state index in [0.717, 1.165) is 12.8 Å². The van der Waals surface area contributed by atoms with Crippen molar-refractivity contribution in [3.8, 4) is 0 Å². The molecule has 0 aromatic heterocycles. The highest BCUT2D eigenvalue weighted by Crippen LogP contribution is 2.23. The summed E-state index contributed by atoms with van der Waals surface area (Å²) in [6.07, 6.45) is 6.89. The van der Waals surface area contributed by atoms with Gasteiger partial charge in [-0.15, -0.1) is 0 Å². The predicted molar refractivity (Wildman–Crippen MR) is 110 cm³/mol. The van der Waals surface area contributed by atoms with Gasteiger partial charge in [0.2, 0.25) is 5.91 Å². The average molecular weight is 374 g/mol. The highest BCUT2D eigenvalue weighted by atomic mass is 16.2. The molecule has 27 heavy (non-hydrogen) atoms. The Morgan fingerprint density at radius 1 is 1.11 bits per heavy atom. The molecule has 1 saturated carbocycles. The van der Waals surface area contributed by atoms with Crippen molar-refractivity contribution in [1.29, 1.82) is 0 Å². The van der Waals surface area contributed by atoms with E-state index in [-0.39, 0.29) is 17.4 Å². The van der Waals surface area contributed by atoms with Gasteiger partial charge in [-0.05, 0) is 31.7 Å². The van der Waals surface area contributed by atoms with E-state index < -0.39 is 0 Å². The Balaban J connectivity index is 1.61. The Labute approximate surface area is 163 Å². The van der Waals surface area contributed by atoms with E-state index in [1.54, 1.807) is 0 Å². The van der Waals surface area contributed by atoms with Crippen LogP contribution in [0.3, 0.4) is 0 Å². The van der Waals surface area contributed by atoms with Crippen LogP contribution in [0.2, 0.25) is 0 Å². The third-order valence-corrected chi connectivity index (χ3v) is 5.33. The zero-order valence-corrected chi connectivity index (χ0v) is 17.1. The van der Waals surface area contributed by atoms with Crippen LogP contribution in [0, 0.1) is 6.92 Å². The van der Waals surface area contributed by atoms with Crippen LogP contribution in [0.15, 0.2) is 24.3 Å². The molecule has 0 bridgehead atoms. The van der Waals surface area contributed by atoms with Gasteiger partial charge in [0.25, 0.3) is 0 Å². The highest BCUT2D eigenvalue weighted by molar-refractivity contribution is 5.76. The number of amides is 3. The summed E-state index contributed by atoms with van der Waals surface area (Å²) >= 11 is 0. The molecule has 0 aliphatic heterocycles. The fourth-order valence-corrected chi connectivity index (χ4v) is 3.51. The SMILES string of the molecule is Cc1cccc(C(C)(C)CNC(=O)CCCNC(=O)NC2CCCCC2)c1. The van der Waals surface area contributed by atoms with Gasteiger partial charge in [0, 0.05) is 31.0 Å². The summed E-state index contributed by atoms with van der Waals surface area (Å²) in [5.41, 5.74) is 2.34. The molecular formula is C22H35N3O2. The van der Waals surface area contributed by atoms with Crippen molar-refractivity contribution in [3.63, 3.8) is 0 Å². The molecule has 0 atom stereocenters. The van der Waals surface area contributed by atoms with Crippen molar-refractivity contribution in [2.45, 2.75) is 77.2 Å². The molecule has 5 nitrogen and oxygen atoms in total. The van der Waals surface area contributed by atoms with Crippen molar-refractivity contribution < 1.29 is 9.59 Å². The second-order valence-corrected chi connectivity index (χ2v) is 8.37. The lowest BCUT2D eigenvalue weighted by Gasteiger charge is -2.26. The molecule has 0 spiro atoms. The molecule has 3 N–H and O–H groups in total. The molecule has 1 aliphatic rings. The molecule has 1 aliphatic carbocycles. The number of urea groups is 1. The Kier molecular flexibility index (Phi) is 8.14. The van der Waals surface area contributed by atoms with Crippen LogP contribution in [-0.2, 0) is 10.2 Å². The molecule has 5 heteroatoms. The molecule has 0 unspecified atom stereocenters. The standard InChI is InChI=1S/C22H35N3O2/c1-17-9-7-10-18(15-17)22(2,3)16-24-20(26)13-8-14-23-21(27)25-19-11-5-4-6-12-19/h7,9-10,15,19H,4-6,8,11-14,16H2,1-3H3,(H,24,26)(H2,23,25,27). The zero-order valence-electron chi connectivity index (χ0n) is 17.1. The van der Waals surface area contributed by atoms with Gasteiger partial charge in [0.1, 0.15) is 0 Å². The third-order valence-electron chi connectivity index (χ3n) is 5.33. The monoisotopic (exact) mass is 373 g/mol. The van der Waals surface area contributed by atoms with Crippen LogP contribution in [-0.4, -0.2) is 31.1 Å². The number of carbonyl (C=O) groups excluding carboxylic acids is 2. The van der Waals surface area contributed by atoms with Gasteiger partial charge < -0.3 is 16.0 Å². The fourth-order valence-electron chi connectivity index (χ4n) is 3.51. The molecule has 150 valence electrons. The summed E-state index contributed by atoms with van der Waals surface area (Å²) in [5, 5.41) is 8.91. The van der Waals surface area contributed by atoms with Crippen LogP contribution in [0.1, 0.15) is 69.9 Å². The van der Waals surface area contributed by atoms with Crippen LogP contribution in [0.4, 0.5) is 4.79 Å². The normalized spacial score (nSPS) is 15.2. The first-order chi connectivity index (χ1) is 12.9. The lowest BCUT2D eigenvalue weighted by atomic mass is 9.84. The van der Waals surface area contributed by atoms with E-state index in [4.69, 9.17) is 0 Å². The molecular weight excluding hydrogens is 338 g/mol. The van der Waals surface area contributed by atoms with E-state index in [9.17, 15) is 9.59 Å². The summed E-state index contributed by atoms with van der Waals surface area (Å²) in [5.74, 6) is 0.0326. The van der Waals surface area contributed by atoms with Gasteiger partial charge in [0.05, 0.1) is 0 Å². The summed E-state index contributed by atoms with van der Waals surface area (Å²) in [6, 6.07) is 8.61. The summed E-state index contributed by atoms with van der Waals surface area (Å²) in [6.45, 7) is 7.48. The minimum Gasteiger partial charge on any atom is -0.355 e. The van der Waals surface area contributed by atoms with E-state index in [0.29, 0.717) is 32.0 Å². The topological polar surface area (TPSA) is 70.2 Å². The number of hydrogen-bond donors (Lipinski definition) is 3. The van der Waals surface area contributed by atoms with Gasteiger partial charge >= 0.3 is 6.03 Å². The Bertz CT molecular complexity index is 622. The molecule has 0 saturated heterocycles. The maximum atomic E-state index is 12.1. The van der Waals surface area contributed by atoms with Gasteiger partial charge in [-0.2, -0.15) is 0 Å². The van der Waals surface area contributed by atoms with Crippen LogP contribution in [0.5, 0.6) is 0 Å². The first-order valence-electron chi connectivity index (χ1n) is 10.2. The van der Waals surface area contributed by atoms with Crippen molar-refractivity contribution in [2.24, 2.45) is 0 Å². The quantitative estimate of drug-likeness (QED) is 0.607. The van der Waals surface area contributed by atoms with Gasteiger partial charge in [0.15, 0.2) is 0 Å². The van der Waals surface area contributed by atoms with Gasteiger partial charge in [-0.1, -0.05) is 62.9 Å². The van der Waals surface area contributed by atoms with E-state index >= 15 is 0 Å². The van der Waals surface area contributed by atoms with Crippen LogP contribution < -0.4 is 16.0 Å². The Morgan fingerprint density at radius 3 is 2.56 bits per heavy atom. The Hall–Kier alpha value is -2.04. The maximum absolute atomic E-state index is 12.1. The van der Waals surface area contributed by atoms with Crippen molar-refractivity contribution in [1.82, 2.24) is 16.0 Å². The second kappa shape index (κ2) is 10.3. The summed E-state index contributed by atoms with van der Waals surface area (Å²) in [4.78, 5) is 24.0. The second-order valence-electron chi connectivity index (χ2n) is 8.37. The minimum atomic E-state index is -0.111. The molecule has 1 fully saturated rings. The third kappa shape index (κ3) is 7.61. The number of rotatable bonds is 8. The van der Waals surface area contributed by atoms with Crippen molar-refractivity contribution in [3.05, 3.63) is 35.4 Å². The van der Waals surface area contributed by atoms with Gasteiger partial charge in [-0.3, -0.25) is 4.79 Å². The maximum Gasteiger partial charge on any atom is 0.315 e. The lowest BCUT2D eigenvalue weighted by Crippen LogP contribution is -2.43. The highest BCUT2D eigenvalue weighted by Gasteiger charge is 2.21. The van der Waals surface area contributed by atoms with Crippen molar-refractivity contribution >= 4 is 11.9 Å². The van der Waals surface area contributed by atoms with Crippen molar-refractivity contribution in [2.75, 3.05) is 13.1 Å². The molecule has 0 radical (unpaired) electrons. The molecule has 2 rings (SSSR count). The zero-order chi connectivity index (χ0) is 19.7. The largest absolute Gasteiger partial charge is 0.355 e. The van der Waals surface area contributed by atoms with E-state index in [1.165, 1.54) is 30.4 Å². The van der Waals surface area contributed by atoms with Crippen LogP contribution >= 0.6 is 0 Å². The van der Waals surface area contributed by atoms with E-state index in [1.807, 2.05) is 0 Å². The first kappa shape index (κ1) is 21.3. The number of aryl methyl sites for hydroxylation is 1. The Morgan fingerprint density at radius 2 is 1.85 bits per heavy atom. The lowest BCUT2D eigenvalue weighted by molar-refractivity contribution is -0.121. The number of hydrogen-bond acceptors (Lipinski definition) is 2. The first-order valence-corrected chi connectivity index (χ1v) is 10.2. The van der Waals surface area contributed by atoms with Crippen LogP contribution in [0.25, 0.3) is 0 Å². The molecule has 1 aromatic carbocycles. The number of benzene rings is 1. The predicted octanol–water partition coefficient (Wildman–Crippen LogP) is 3.80. The number of carbonyl (C=O) groups is 2. The minimum absolute atomic E-state index is 0.0326. The average Bonchev–Trinajstić information content (AvgIpc) is 2.64. The van der Waals surface area contributed by atoms with E-state index in [2.05, 4.69) is 61.0 Å². The molecule has 0 heterocycles. The fraction of sp³-hybridized carbons (Fsp3) is 0.636. The van der Waals surface area contributed by atoms with Gasteiger partial charge in [-0.25, -0.2) is 4.79 Å². The molecule has 1 aromatic rings. The summed E-state index contributed by atoms with van der Waals surface area (Å²) < 4.78 is 0. The smallest absolute Gasteiger partial charge is 0.315 e. The number of nitrogens with one attached hydrogen (secondary N) is 3.